The first-order chi connectivity index (χ1) is 10.2. The number of benzene rings is 2. The van der Waals surface area contributed by atoms with Crippen LogP contribution in [0.15, 0.2) is 54.6 Å². The van der Waals surface area contributed by atoms with Crippen molar-refractivity contribution in [3.63, 3.8) is 0 Å². The van der Waals surface area contributed by atoms with Gasteiger partial charge >= 0.3 is 0 Å². The van der Waals surface area contributed by atoms with Crippen molar-refractivity contribution in [2.24, 2.45) is 5.92 Å². The summed E-state index contributed by atoms with van der Waals surface area (Å²) >= 11 is 0. The molecule has 3 unspecified atom stereocenters. The third kappa shape index (κ3) is 3.45. The van der Waals surface area contributed by atoms with Crippen molar-refractivity contribution in [3.8, 4) is 5.75 Å². The lowest BCUT2D eigenvalue weighted by Crippen LogP contribution is -2.18. The molecular formula is C19H24O2. The normalized spacial score (nSPS) is 15.2. The van der Waals surface area contributed by atoms with Crippen LogP contribution in [0.4, 0.5) is 0 Å². The van der Waals surface area contributed by atoms with Gasteiger partial charge in [-0.15, -0.1) is 0 Å². The molecule has 0 saturated carbocycles. The molecule has 112 valence electrons. The summed E-state index contributed by atoms with van der Waals surface area (Å²) in [6, 6.07) is 18.0. The summed E-state index contributed by atoms with van der Waals surface area (Å²) in [5, 5.41) is 11.0. The van der Waals surface area contributed by atoms with Gasteiger partial charge in [0.2, 0.25) is 0 Å². The highest BCUT2D eigenvalue weighted by Crippen LogP contribution is 2.41. The molecule has 2 nitrogen and oxygen atoms in total. The predicted molar refractivity (Wildman–Crippen MR) is 86.6 cm³/mol. The third-order valence-electron chi connectivity index (χ3n) is 4.24. The van der Waals surface area contributed by atoms with E-state index in [1.54, 1.807) is 7.11 Å². The minimum atomic E-state index is -0.571. The molecule has 2 heteroatoms. The monoisotopic (exact) mass is 284 g/mol. The zero-order valence-corrected chi connectivity index (χ0v) is 13.0. The SMILES string of the molecule is CCC(C)C(c1ccccc1)C(O)c1ccccc1OC. The Morgan fingerprint density at radius 2 is 1.62 bits per heavy atom. The zero-order chi connectivity index (χ0) is 15.2. The Morgan fingerprint density at radius 1 is 1.00 bits per heavy atom. The summed E-state index contributed by atoms with van der Waals surface area (Å²) in [4.78, 5) is 0. The minimum absolute atomic E-state index is 0.0625. The Bertz CT molecular complexity index is 551. The van der Waals surface area contributed by atoms with Crippen LogP contribution in [0.5, 0.6) is 5.75 Å². The van der Waals surface area contributed by atoms with Gasteiger partial charge in [-0.2, -0.15) is 0 Å². The third-order valence-corrected chi connectivity index (χ3v) is 4.24. The average molecular weight is 284 g/mol. The van der Waals surface area contributed by atoms with Crippen LogP contribution in [0.25, 0.3) is 0 Å². The van der Waals surface area contributed by atoms with E-state index in [0.29, 0.717) is 5.92 Å². The maximum Gasteiger partial charge on any atom is 0.124 e. The van der Waals surface area contributed by atoms with Gasteiger partial charge < -0.3 is 9.84 Å². The van der Waals surface area contributed by atoms with Crippen LogP contribution in [0.1, 0.15) is 43.4 Å². The van der Waals surface area contributed by atoms with Gasteiger partial charge in [0.25, 0.3) is 0 Å². The van der Waals surface area contributed by atoms with Gasteiger partial charge in [-0.1, -0.05) is 68.8 Å². The fourth-order valence-electron chi connectivity index (χ4n) is 2.86. The van der Waals surface area contributed by atoms with E-state index in [-0.39, 0.29) is 5.92 Å². The Hall–Kier alpha value is -1.80. The van der Waals surface area contributed by atoms with Gasteiger partial charge in [0.1, 0.15) is 5.75 Å². The van der Waals surface area contributed by atoms with E-state index < -0.39 is 6.10 Å². The summed E-state index contributed by atoms with van der Waals surface area (Å²) < 4.78 is 5.41. The first-order valence-electron chi connectivity index (χ1n) is 7.55. The summed E-state index contributed by atoms with van der Waals surface area (Å²) in [5.74, 6) is 1.19. The van der Waals surface area contributed by atoms with E-state index in [1.807, 2.05) is 42.5 Å². The molecule has 0 aliphatic rings. The maximum atomic E-state index is 11.0. The van der Waals surface area contributed by atoms with Crippen molar-refractivity contribution in [3.05, 3.63) is 65.7 Å². The molecule has 3 atom stereocenters. The van der Waals surface area contributed by atoms with Crippen molar-refractivity contribution in [2.45, 2.75) is 32.3 Å². The van der Waals surface area contributed by atoms with Gasteiger partial charge in [-0.25, -0.2) is 0 Å². The quantitative estimate of drug-likeness (QED) is 0.842. The number of ether oxygens (including phenoxy) is 1. The lowest BCUT2D eigenvalue weighted by atomic mass is 9.79. The topological polar surface area (TPSA) is 29.5 Å². The maximum absolute atomic E-state index is 11.0. The number of aliphatic hydroxyl groups excluding tert-OH is 1. The van der Waals surface area contributed by atoms with Crippen LogP contribution in [0, 0.1) is 5.92 Å². The summed E-state index contributed by atoms with van der Waals surface area (Å²) in [7, 11) is 1.65. The molecule has 0 amide bonds. The lowest BCUT2D eigenvalue weighted by molar-refractivity contribution is 0.115. The largest absolute Gasteiger partial charge is 0.496 e. The van der Waals surface area contributed by atoms with Gasteiger partial charge in [0, 0.05) is 11.5 Å². The van der Waals surface area contributed by atoms with Gasteiger partial charge in [-0.3, -0.25) is 0 Å². The van der Waals surface area contributed by atoms with E-state index >= 15 is 0 Å². The number of methoxy groups -OCH3 is 1. The molecule has 0 radical (unpaired) electrons. The van der Waals surface area contributed by atoms with Crippen LogP contribution in [-0.4, -0.2) is 12.2 Å². The molecule has 0 bridgehead atoms. The number of rotatable bonds is 6. The summed E-state index contributed by atoms with van der Waals surface area (Å²) in [5.41, 5.74) is 2.03. The van der Waals surface area contributed by atoms with Crippen molar-refractivity contribution in [1.29, 1.82) is 0 Å². The second kappa shape index (κ2) is 7.28. The highest BCUT2D eigenvalue weighted by Gasteiger charge is 2.28. The Morgan fingerprint density at radius 3 is 2.24 bits per heavy atom. The first kappa shape index (κ1) is 15.6. The van der Waals surface area contributed by atoms with Crippen molar-refractivity contribution < 1.29 is 9.84 Å². The fraction of sp³-hybridized carbons (Fsp3) is 0.368. The summed E-state index contributed by atoms with van der Waals surface area (Å²) in [6.07, 6.45) is 0.449. The molecular weight excluding hydrogens is 260 g/mol. The highest BCUT2D eigenvalue weighted by atomic mass is 16.5. The van der Waals surface area contributed by atoms with E-state index in [0.717, 1.165) is 17.7 Å². The van der Waals surface area contributed by atoms with Crippen LogP contribution >= 0.6 is 0 Å². The van der Waals surface area contributed by atoms with Gasteiger partial charge in [-0.05, 0) is 17.5 Å². The molecule has 0 heterocycles. The molecule has 0 spiro atoms. The second-order valence-electron chi connectivity index (χ2n) is 5.51. The molecule has 21 heavy (non-hydrogen) atoms. The lowest BCUT2D eigenvalue weighted by Gasteiger charge is -2.29. The molecule has 2 aromatic carbocycles. The summed E-state index contributed by atoms with van der Waals surface area (Å²) in [6.45, 7) is 4.35. The van der Waals surface area contributed by atoms with E-state index in [2.05, 4.69) is 26.0 Å². The number of hydrogen-bond acceptors (Lipinski definition) is 2. The molecule has 0 aliphatic heterocycles. The smallest absolute Gasteiger partial charge is 0.124 e. The molecule has 0 fully saturated rings. The number of aliphatic hydroxyl groups is 1. The van der Waals surface area contributed by atoms with Crippen LogP contribution < -0.4 is 4.74 Å². The van der Waals surface area contributed by atoms with Crippen molar-refractivity contribution >= 4 is 0 Å². The van der Waals surface area contributed by atoms with Crippen molar-refractivity contribution in [1.82, 2.24) is 0 Å². The van der Waals surface area contributed by atoms with Crippen molar-refractivity contribution in [2.75, 3.05) is 7.11 Å². The van der Waals surface area contributed by atoms with Gasteiger partial charge in [0.05, 0.1) is 13.2 Å². The molecule has 2 rings (SSSR count). The molecule has 0 aromatic heterocycles. The van der Waals surface area contributed by atoms with Crippen LogP contribution in [0.2, 0.25) is 0 Å². The Kier molecular flexibility index (Phi) is 5.40. The standard InChI is InChI=1S/C19H24O2/c1-4-14(2)18(15-10-6-5-7-11-15)19(20)16-12-8-9-13-17(16)21-3/h5-14,18-20H,4H2,1-3H3. The average Bonchev–Trinajstić information content (AvgIpc) is 2.55. The highest BCUT2D eigenvalue weighted by molar-refractivity contribution is 5.37. The van der Waals surface area contributed by atoms with Crippen LogP contribution in [0.3, 0.4) is 0 Å². The predicted octanol–water partition coefficient (Wildman–Crippen LogP) is 4.56. The van der Waals surface area contributed by atoms with E-state index in [1.165, 1.54) is 5.56 Å². The number of hydrogen-bond donors (Lipinski definition) is 1. The molecule has 2 aromatic rings. The molecule has 0 saturated heterocycles. The number of para-hydroxylation sites is 1. The minimum Gasteiger partial charge on any atom is -0.496 e. The van der Waals surface area contributed by atoms with Gasteiger partial charge in [0.15, 0.2) is 0 Å². The fourth-order valence-corrected chi connectivity index (χ4v) is 2.86. The first-order valence-corrected chi connectivity index (χ1v) is 7.55. The molecule has 1 N–H and O–H groups in total. The van der Waals surface area contributed by atoms with Crippen LogP contribution in [-0.2, 0) is 0 Å². The van der Waals surface area contributed by atoms with E-state index in [4.69, 9.17) is 4.74 Å². The second-order valence-corrected chi connectivity index (χ2v) is 5.51. The Balaban J connectivity index is 2.41. The Labute approximate surface area is 127 Å². The zero-order valence-electron chi connectivity index (χ0n) is 13.0. The molecule has 0 aliphatic carbocycles. The van der Waals surface area contributed by atoms with E-state index in [9.17, 15) is 5.11 Å².